The lowest BCUT2D eigenvalue weighted by Crippen LogP contribution is -2.39. The van der Waals surface area contributed by atoms with Crippen molar-refractivity contribution in [3.63, 3.8) is 0 Å². The highest BCUT2D eigenvalue weighted by Gasteiger charge is 2.38. The number of likely N-dealkylation sites (tertiary alicyclic amines) is 1. The second kappa shape index (κ2) is 14.9. The van der Waals surface area contributed by atoms with Crippen molar-refractivity contribution in [1.29, 1.82) is 0 Å². The fraction of sp³-hybridized carbons (Fsp3) is 1.00. The molecule has 1 rings (SSSR count). The standard InChI is InChI=1S/C24H50N2/c1-5-8-10-12-14-16-18-23(17-15-13-11-9-6-2)26-20-19-24(7-3,22-26)21-25-4/h23,25H,5-22H2,1-4H3. The smallest absolute Gasteiger partial charge is 0.00955 e. The summed E-state index contributed by atoms with van der Waals surface area (Å²) in [6, 6.07) is 0.855. The van der Waals surface area contributed by atoms with Crippen LogP contribution in [0.15, 0.2) is 0 Å². The van der Waals surface area contributed by atoms with Gasteiger partial charge in [-0.3, -0.25) is 4.90 Å². The van der Waals surface area contributed by atoms with Crippen LogP contribution in [0, 0.1) is 5.41 Å². The number of rotatable bonds is 17. The van der Waals surface area contributed by atoms with Gasteiger partial charge in [0.15, 0.2) is 0 Å². The first-order chi connectivity index (χ1) is 12.7. The second-order valence-electron chi connectivity index (χ2n) is 9.02. The van der Waals surface area contributed by atoms with Crippen LogP contribution in [-0.2, 0) is 0 Å². The Morgan fingerprint density at radius 1 is 0.808 bits per heavy atom. The third kappa shape index (κ3) is 9.22. The molecule has 2 atom stereocenters. The van der Waals surface area contributed by atoms with Crippen LogP contribution in [0.25, 0.3) is 0 Å². The van der Waals surface area contributed by atoms with Crippen molar-refractivity contribution in [3.05, 3.63) is 0 Å². The molecule has 1 aliphatic heterocycles. The maximum absolute atomic E-state index is 3.47. The Kier molecular flexibility index (Phi) is 13.7. The molecule has 2 heteroatoms. The van der Waals surface area contributed by atoms with E-state index in [0.29, 0.717) is 5.41 Å². The first-order valence-corrected chi connectivity index (χ1v) is 12.1. The highest BCUT2D eigenvalue weighted by atomic mass is 15.2. The molecule has 0 radical (unpaired) electrons. The minimum atomic E-state index is 0.538. The summed E-state index contributed by atoms with van der Waals surface area (Å²) >= 11 is 0. The van der Waals surface area contributed by atoms with E-state index in [4.69, 9.17) is 0 Å². The Hall–Kier alpha value is -0.0800. The van der Waals surface area contributed by atoms with Crippen LogP contribution in [-0.4, -0.2) is 37.6 Å². The van der Waals surface area contributed by atoms with E-state index in [1.807, 2.05) is 0 Å². The van der Waals surface area contributed by atoms with E-state index in [1.54, 1.807) is 0 Å². The molecule has 0 aromatic rings. The Bertz CT molecular complexity index is 317. The van der Waals surface area contributed by atoms with Crippen LogP contribution in [0.1, 0.15) is 117 Å². The van der Waals surface area contributed by atoms with Crippen molar-refractivity contribution in [3.8, 4) is 0 Å². The highest BCUT2D eigenvalue weighted by molar-refractivity contribution is 4.92. The maximum Gasteiger partial charge on any atom is 0.00955 e. The third-order valence-corrected chi connectivity index (χ3v) is 6.82. The molecule has 0 amide bonds. The summed E-state index contributed by atoms with van der Waals surface area (Å²) in [6.45, 7) is 10.9. The molecule has 0 saturated carbocycles. The molecule has 0 aromatic carbocycles. The molecule has 26 heavy (non-hydrogen) atoms. The van der Waals surface area contributed by atoms with Crippen molar-refractivity contribution in [1.82, 2.24) is 10.2 Å². The second-order valence-corrected chi connectivity index (χ2v) is 9.02. The lowest BCUT2D eigenvalue weighted by molar-refractivity contribution is 0.174. The molecule has 0 bridgehead atoms. The molecule has 156 valence electrons. The quantitative estimate of drug-likeness (QED) is 0.285. The zero-order chi connectivity index (χ0) is 19.1. The van der Waals surface area contributed by atoms with Gasteiger partial charge in [-0.1, -0.05) is 91.4 Å². The Labute approximate surface area is 165 Å². The van der Waals surface area contributed by atoms with E-state index in [2.05, 4.69) is 38.0 Å². The van der Waals surface area contributed by atoms with Gasteiger partial charge in [0.25, 0.3) is 0 Å². The average molecular weight is 367 g/mol. The number of nitrogens with zero attached hydrogens (tertiary/aromatic N) is 1. The number of nitrogens with one attached hydrogen (secondary N) is 1. The van der Waals surface area contributed by atoms with Crippen LogP contribution >= 0.6 is 0 Å². The summed E-state index contributed by atoms with van der Waals surface area (Å²) < 4.78 is 0. The number of unbranched alkanes of at least 4 members (excludes halogenated alkanes) is 9. The molecule has 0 aromatic heterocycles. The van der Waals surface area contributed by atoms with Gasteiger partial charge in [-0.15, -0.1) is 0 Å². The van der Waals surface area contributed by atoms with Gasteiger partial charge in [-0.2, -0.15) is 0 Å². The topological polar surface area (TPSA) is 15.3 Å². The normalized spacial score (nSPS) is 22.2. The Balaban J connectivity index is 2.43. The molecule has 0 aliphatic carbocycles. The average Bonchev–Trinajstić information content (AvgIpc) is 3.07. The third-order valence-electron chi connectivity index (χ3n) is 6.82. The SMILES string of the molecule is CCCCCCCCC(CCCCCCC)N1CCC(CC)(CNC)C1. The maximum atomic E-state index is 3.47. The predicted octanol–water partition coefficient (Wildman–Crippen LogP) is 6.79. The molecular formula is C24H50N2. The van der Waals surface area contributed by atoms with Gasteiger partial charge < -0.3 is 5.32 Å². The lowest BCUT2D eigenvalue weighted by atomic mass is 9.84. The fourth-order valence-electron chi connectivity index (χ4n) is 4.87. The van der Waals surface area contributed by atoms with Gasteiger partial charge >= 0.3 is 0 Å². The molecule has 0 spiro atoms. The van der Waals surface area contributed by atoms with Gasteiger partial charge in [-0.05, 0) is 44.7 Å². The van der Waals surface area contributed by atoms with Gasteiger partial charge in [-0.25, -0.2) is 0 Å². The fourth-order valence-corrected chi connectivity index (χ4v) is 4.87. The zero-order valence-corrected chi connectivity index (χ0v) is 18.8. The van der Waals surface area contributed by atoms with Gasteiger partial charge in [0.05, 0.1) is 0 Å². The summed E-state index contributed by atoms with van der Waals surface area (Å²) in [5.74, 6) is 0. The Morgan fingerprint density at radius 3 is 1.85 bits per heavy atom. The van der Waals surface area contributed by atoms with Gasteiger partial charge in [0.1, 0.15) is 0 Å². The van der Waals surface area contributed by atoms with E-state index in [9.17, 15) is 0 Å². The lowest BCUT2D eigenvalue weighted by Gasteiger charge is -2.32. The summed E-state index contributed by atoms with van der Waals surface area (Å²) in [6.07, 6.45) is 21.3. The molecule has 1 heterocycles. The highest BCUT2D eigenvalue weighted by Crippen LogP contribution is 2.36. The Morgan fingerprint density at radius 2 is 1.35 bits per heavy atom. The van der Waals surface area contributed by atoms with Crippen LogP contribution in [0.2, 0.25) is 0 Å². The summed E-state index contributed by atoms with van der Waals surface area (Å²) in [5.41, 5.74) is 0.538. The molecule has 1 aliphatic rings. The van der Waals surface area contributed by atoms with Crippen molar-refractivity contribution in [2.75, 3.05) is 26.7 Å². The van der Waals surface area contributed by atoms with Crippen molar-refractivity contribution in [2.45, 2.75) is 123 Å². The van der Waals surface area contributed by atoms with Crippen LogP contribution in [0.4, 0.5) is 0 Å². The molecule has 1 fully saturated rings. The first-order valence-electron chi connectivity index (χ1n) is 12.1. The van der Waals surface area contributed by atoms with Gasteiger partial charge in [0.2, 0.25) is 0 Å². The van der Waals surface area contributed by atoms with Crippen molar-refractivity contribution in [2.24, 2.45) is 5.41 Å². The van der Waals surface area contributed by atoms with E-state index < -0.39 is 0 Å². The van der Waals surface area contributed by atoms with E-state index >= 15 is 0 Å². The minimum Gasteiger partial charge on any atom is -0.319 e. The zero-order valence-electron chi connectivity index (χ0n) is 18.8. The number of hydrogen-bond donors (Lipinski definition) is 1. The van der Waals surface area contributed by atoms with Crippen molar-refractivity contribution < 1.29 is 0 Å². The molecule has 1 saturated heterocycles. The van der Waals surface area contributed by atoms with E-state index in [1.165, 1.54) is 116 Å². The molecule has 2 nitrogen and oxygen atoms in total. The van der Waals surface area contributed by atoms with Crippen molar-refractivity contribution >= 4 is 0 Å². The molecule has 2 unspecified atom stereocenters. The van der Waals surface area contributed by atoms with Crippen LogP contribution in [0.5, 0.6) is 0 Å². The number of hydrogen-bond acceptors (Lipinski definition) is 2. The summed E-state index contributed by atoms with van der Waals surface area (Å²) in [7, 11) is 2.13. The minimum absolute atomic E-state index is 0.538. The first kappa shape index (κ1) is 24.0. The van der Waals surface area contributed by atoms with Crippen LogP contribution < -0.4 is 5.32 Å². The van der Waals surface area contributed by atoms with E-state index in [0.717, 1.165) is 6.04 Å². The molecule has 1 N–H and O–H groups in total. The largest absolute Gasteiger partial charge is 0.319 e. The van der Waals surface area contributed by atoms with E-state index in [-0.39, 0.29) is 0 Å². The summed E-state index contributed by atoms with van der Waals surface area (Å²) in [5, 5.41) is 3.47. The summed E-state index contributed by atoms with van der Waals surface area (Å²) in [4.78, 5) is 2.88. The van der Waals surface area contributed by atoms with Crippen LogP contribution in [0.3, 0.4) is 0 Å². The monoisotopic (exact) mass is 366 g/mol. The predicted molar refractivity (Wildman–Crippen MR) is 118 cm³/mol. The molecular weight excluding hydrogens is 316 g/mol. The van der Waals surface area contributed by atoms with Gasteiger partial charge in [0, 0.05) is 19.1 Å².